The lowest BCUT2D eigenvalue weighted by molar-refractivity contribution is -0.141. The molecule has 0 atom stereocenters. The van der Waals surface area contributed by atoms with Gasteiger partial charge in [0.05, 0.1) is 10.2 Å². The Morgan fingerprint density at radius 1 is 0.912 bits per heavy atom. The normalized spacial score (nSPS) is 10.1. The van der Waals surface area contributed by atoms with Crippen LogP contribution in [0, 0.1) is 0 Å². The van der Waals surface area contributed by atoms with Crippen molar-refractivity contribution in [2.24, 2.45) is 11.5 Å². The maximum atomic E-state index is 12.6. The van der Waals surface area contributed by atoms with Gasteiger partial charge in [-0.15, -0.1) is 0 Å². The number of esters is 1. The van der Waals surface area contributed by atoms with Crippen LogP contribution in [0.5, 0.6) is 0 Å². The zero-order chi connectivity index (χ0) is 24.5. The van der Waals surface area contributed by atoms with E-state index in [1.54, 1.807) is 66.7 Å². The topological polar surface area (TPSA) is 155 Å². The number of nitrogens with two attached hydrogens (primary N) is 3. The molecule has 0 radical (unpaired) electrons. The monoisotopic (exact) mass is 477 g/mol. The Balaban J connectivity index is 0.000000212. The molecule has 0 aliphatic carbocycles. The summed E-state index contributed by atoms with van der Waals surface area (Å²) >= 11 is 1.34. The fourth-order valence-corrected chi connectivity index (χ4v) is 3.76. The summed E-state index contributed by atoms with van der Waals surface area (Å²) < 4.78 is 5.61. The van der Waals surface area contributed by atoms with Gasteiger partial charge in [0.1, 0.15) is 13.3 Å². The number of amides is 2. The molecular formula is C24H23N5O4S. The second kappa shape index (κ2) is 11.5. The van der Waals surface area contributed by atoms with E-state index in [0.717, 1.165) is 10.2 Å². The van der Waals surface area contributed by atoms with Crippen LogP contribution in [0.1, 0.15) is 20.7 Å². The molecule has 9 nitrogen and oxygen atoms in total. The zero-order valence-corrected chi connectivity index (χ0v) is 18.9. The number of benzene rings is 3. The highest BCUT2D eigenvalue weighted by Gasteiger charge is 2.21. The molecular weight excluding hydrogens is 454 g/mol. The molecule has 1 heterocycles. The third-order valence-electron chi connectivity index (χ3n) is 4.55. The van der Waals surface area contributed by atoms with Gasteiger partial charge >= 0.3 is 5.97 Å². The average Bonchev–Trinajstić information content (AvgIpc) is 3.23. The molecule has 174 valence electrons. The maximum absolute atomic E-state index is 12.6. The van der Waals surface area contributed by atoms with Crippen LogP contribution in [0.4, 0.5) is 10.8 Å². The van der Waals surface area contributed by atoms with Gasteiger partial charge in [0.15, 0.2) is 5.13 Å². The summed E-state index contributed by atoms with van der Waals surface area (Å²) in [5, 5.41) is 0.497. The number of rotatable bonds is 6. The van der Waals surface area contributed by atoms with Gasteiger partial charge in [-0.1, -0.05) is 47.7 Å². The zero-order valence-electron chi connectivity index (χ0n) is 18.1. The highest BCUT2D eigenvalue weighted by molar-refractivity contribution is 7.22. The minimum Gasteiger partial charge on any atom is -0.449 e. The Bertz CT molecular complexity index is 1280. The molecule has 0 unspecified atom stereocenters. The van der Waals surface area contributed by atoms with E-state index < -0.39 is 11.9 Å². The number of para-hydroxylation sites is 1. The van der Waals surface area contributed by atoms with Gasteiger partial charge in [-0.2, -0.15) is 0 Å². The van der Waals surface area contributed by atoms with Crippen molar-refractivity contribution < 1.29 is 19.1 Å². The first-order valence-corrected chi connectivity index (χ1v) is 10.9. The highest BCUT2D eigenvalue weighted by Crippen LogP contribution is 2.24. The molecule has 0 saturated carbocycles. The molecule has 0 spiro atoms. The van der Waals surface area contributed by atoms with E-state index >= 15 is 0 Å². The Kier molecular flexibility index (Phi) is 8.27. The van der Waals surface area contributed by atoms with Gasteiger partial charge in [0.25, 0.3) is 5.91 Å². The molecule has 0 bridgehead atoms. The first kappa shape index (κ1) is 24.4. The van der Waals surface area contributed by atoms with Crippen molar-refractivity contribution in [1.29, 1.82) is 0 Å². The molecule has 0 saturated heterocycles. The molecule has 0 fully saturated rings. The van der Waals surface area contributed by atoms with Crippen LogP contribution >= 0.6 is 11.3 Å². The van der Waals surface area contributed by atoms with E-state index in [1.165, 1.54) is 16.2 Å². The quantitative estimate of drug-likeness (QED) is 0.285. The Morgan fingerprint density at radius 3 is 2.18 bits per heavy atom. The van der Waals surface area contributed by atoms with E-state index in [0.29, 0.717) is 21.9 Å². The number of aromatic nitrogens is 1. The van der Waals surface area contributed by atoms with Crippen molar-refractivity contribution >= 4 is 50.2 Å². The minimum atomic E-state index is -0.550. The van der Waals surface area contributed by atoms with Crippen molar-refractivity contribution in [3.8, 4) is 0 Å². The molecule has 1 aromatic heterocycles. The van der Waals surface area contributed by atoms with Crippen LogP contribution in [-0.4, -0.2) is 36.0 Å². The van der Waals surface area contributed by atoms with Crippen molar-refractivity contribution in [3.05, 3.63) is 90.0 Å². The van der Waals surface area contributed by atoms with Crippen LogP contribution in [0.25, 0.3) is 10.2 Å². The van der Waals surface area contributed by atoms with Crippen LogP contribution in [0.3, 0.4) is 0 Å². The second-order valence-electron chi connectivity index (χ2n) is 6.87. The molecule has 2 amide bonds. The van der Waals surface area contributed by atoms with Crippen LogP contribution in [0.15, 0.2) is 78.9 Å². The number of ether oxygens (including phenoxy) is 1. The predicted molar refractivity (Wildman–Crippen MR) is 132 cm³/mol. The van der Waals surface area contributed by atoms with Crippen molar-refractivity contribution in [1.82, 2.24) is 4.98 Å². The number of hydrogen-bond acceptors (Lipinski definition) is 8. The summed E-state index contributed by atoms with van der Waals surface area (Å²) in [5.41, 5.74) is 18.2. The van der Waals surface area contributed by atoms with Crippen molar-refractivity contribution in [2.75, 3.05) is 23.9 Å². The number of primary amides is 1. The average molecular weight is 478 g/mol. The maximum Gasteiger partial charge on any atom is 0.327 e. The largest absolute Gasteiger partial charge is 0.449 e. The number of hydrogen-bond donors (Lipinski definition) is 3. The third-order valence-corrected chi connectivity index (χ3v) is 5.40. The summed E-state index contributed by atoms with van der Waals surface area (Å²) in [5.74, 6) is -1.25. The van der Waals surface area contributed by atoms with Gasteiger partial charge < -0.3 is 16.2 Å². The summed E-state index contributed by atoms with van der Waals surface area (Å²) in [6.07, 6.45) is 0. The van der Waals surface area contributed by atoms with Gasteiger partial charge in [-0.05, 0) is 42.5 Å². The SMILES string of the molecule is NC(=O)c1ccc2nc(N)sc2c1.NCOC(=O)CN(C(=O)c1ccccc1)c1ccccc1. The van der Waals surface area contributed by atoms with E-state index in [9.17, 15) is 14.4 Å². The summed E-state index contributed by atoms with van der Waals surface area (Å²) in [6, 6.07) is 22.8. The Hall–Kier alpha value is -4.28. The molecule has 6 N–H and O–H groups in total. The lowest BCUT2D eigenvalue weighted by Gasteiger charge is -2.21. The Morgan fingerprint density at radius 2 is 1.56 bits per heavy atom. The summed E-state index contributed by atoms with van der Waals surface area (Å²) in [7, 11) is 0. The van der Waals surface area contributed by atoms with Crippen LogP contribution in [-0.2, 0) is 9.53 Å². The number of nitrogen functional groups attached to an aromatic ring is 1. The van der Waals surface area contributed by atoms with E-state index in [1.807, 2.05) is 12.1 Å². The second-order valence-corrected chi connectivity index (χ2v) is 7.94. The first-order chi connectivity index (χ1) is 16.4. The fourth-order valence-electron chi connectivity index (χ4n) is 2.99. The van der Waals surface area contributed by atoms with E-state index in [4.69, 9.17) is 21.9 Å². The standard InChI is InChI=1S/C16H16N2O3.C8H7N3OS/c17-12-21-15(19)11-18(14-9-5-2-6-10-14)16(20)13-7-3-1-4-8-13;9-7(12)4-1-2-5-6(3-4)13-8(10)11-5/h1-10H,11-12,17H2;1-3H,(H2,9,12)(H2,10,11). The number of thiazole rings is 1. The number of fused-ring (bicyclic) bond motifs is 1. The Labute approximate surface area is 199 Å². The first-order valence-electron chi connectivity index (χ1n) is 10.1. The molecule has 3 aromatic carbocycles. The summed E-state index contributed by atoms with van der Waals surface area (Å²) in [4.78, 5) is 40.5. The molecule has 0 aliphatic heterocycles. The molecule has 4 rings (SSSR count). The molecule has 4 aromatic rings. The fraction of sp³-hybridized carbons (Fsp3) is 0.0833. The number of carbonyl (C=O) groups is 3. The summed E-state index contributed by atoms with van der Waals surface area (Å²) in [6.45, 7) is -0.393. The van der Waals surface area contributed by atoms with Crippen molar-refractivity contribution in [2.45, 2.75) is 0 Å². The molecule has 34 heavy (non-hydrogen) atoms. The van der Waals surface area contributed by atoms with E-state index in [-0.39, 0.29) is 19.2 Å². The van der Waals surface area contributed by atoms with Gasteiger partial charge in [0, 0.05) is 16.8 Å². The van der Waals surface area contributed by atoms with Crippen molar-refractivity contribution in [3.63, 3.8) is 0 Å². The lowest BCUT2D eigenvalue weighted by atomic mass is 10.2. The predicted octanol–water partition coefficient (Wildman–Crippen LogP) is 2.77. The molecule has 0 aliphatic rings. The number of anilines is 2. The van der Waals surface area contributed by atoms with Crippen LogP contribution < -0.4 is 22.1 Å². The molecule has 10 heteroatoms. The smallest absolute Gasteiger partial charge is 0.327 e. The minimum absolute atomic E-state index is 0.186. The van der Waals surface area contributed by atoms with Gasteiger partial charge in [0.2, 0.25) is 5.91 Å². The van der Waals surface area contributed by atoms with Crippen LogP contribution in [0.2, 0.25) is 0 Å². The van der Waals surface area contributed by atoms with Gasteiger partial charge in [-0.25, -0.2) is 4.98 Å². The van der Waals surface area contributed by atoms with Gasteiger partial charge in [-0.3, -0.25) is 25.0 Å². The van der Waals surface area contributed by atoms with E-state index in [2.05, 4.69) is 4.98 Å². The number of carbonyl (C=O) groups excluding carboxylic acids is 3. The lowest BCUT2D eigenvalue weighted by Crippen LogP contribution is -2.37. The highest BCUT2D eigenvalue weighted by atomic mass is 32.1. The number of nitrogens with zero attached hydrogens (tertiary/aromatic N) is 2. The third kappa shape index (κ3) is 6.37.